The molecule has 0 saturated carbocycles. The number of ether oxygens (including phenoxy) is 1. The summed E-state index contributed by atoms with van der Waals surface area (Å²) in [6.07, 6.45) is 2.99. The molecule has 5 heteroatoms. The van der Waals surface area contributed by atoms with Gasteiger partial charge >= 0.3 is 0 Å². The summed E-state index contributed by atoms with van der Waals surface area (Å²) < 4.78 is 6.16. The summed E-state index contributed by atoms with van der Waals surface area (Å²) in [5.74, 6) is 0.885. The van der Waals surface area contributed by atoms with Crippen LogP contribution in [0, 0.1) is 11.3 Å². The van der Waals surface area contributed by atoms with Crippen LogP contribution in [0.4, 0.5) is 0 Å². The maximum atomic E-state index is 9.22. The van der Waals surface area contributed by atoms with Gasteiger partial charge in [0.15, 0.2) is 0 Å². The maximum Gasteiger partial charge on any atom is 0.123 e. The van der Waals surface area contributed by atoms with Gasteiger partial charge in [0.25, 0.3) is 0 Å². The third-order valence-corrected chi connectivity index (χ3v) is 4.33. The molecule has 0 aliphatic carbocycles. The van der Waals surface area contributed by atoms with Crippen LogP contribution in [-0.4, -0.2) is 48.1 Å². The van der Waals surface area contributed by atoms with Crippen molar-refractivity contribution in [2.75, 3.05) is 27.2 Å². The van der Waals surface area contributed by atoms with Gasteiger partial charge in [-0.2, -0.15) is 5.26 Å². The van der Waals surface area contributed by atoms with Crippen molar-refractivity contribution in [3.05, 3.63) is 59.4 Å². The number of rotatable bonds is 6. The second kappa shape index (κ2) is 8.11. The van der Waals surface area contributed by atoms with Gasteiger partial charge < -0.3 is 9.64 Å². The standard InChI is InChI=1S/C20H24N4O/c1-23(2)14-18-11-19(7-9-22-18)25-20-8-10-24(15-20)13-17-6-4-3-5-16(17)12-21/h3-7,9,11,20H,8,10,13-15H2,1-2H3. The van der Waals surface area contributed by atoms with Gasteiger partial charge in [0.1, 0.15) is 11.9 Å². The molecule has 1 unspecified atom stereocenters. The minimum absolute atomic E-state index is 0.184. The molecule has 1 aliphatic rings. The van der Waals surface area contributed by atoms with E-state index in [2.05, 4.69) is 20.9 Å². The number of aromatic nitrogens is 1. The Bertz CT molecular complexity index is 753. The van der Waals surface area contributed by atoms with Crippen molar-refractivity contribution < 1.29 is 4.74 Å². The molecule has 1 saturated heterocycles. The molecule has 1 aromatic carbocycles. The van der Waals surface area contributed by atoms with Crippen LogP contribution in [0.3, 0.4) is 0 Å². The predicted molar refractivity (Wildman–Crippen MR) is 97.1 cm³/mol. The molecular weight excluding hydrogens is 312 g/mol. The zero-order valence-electron chi connectivity index (χ0n) is 14.9. The Hall–Kier alpha value is -2.42. The van der Waals surface area contributed by atoms with Gasteiger partial charge in [-0.05, 0) is 38.2 Å². The van der Waals surface area contributed by atoms with Crippen LogP contribution in [0.2, 0.25) is 0 Å². The molecule has 1 fully saturated rings. The first-order valence-corrected chi connectivity index (χ1v) is 8.60. The highest BCUT2D eigenvalue weighted by atomic mass is 16.5. The number of pyridine rings is 1. The van der Waals surface area contributed by atoms with Crippen molar-refractivity contribution in [1.82, 2.24) is 14.8 Å². The molecule has 0 N–H and O–H groups in total. The lowest BCUT2D eigenvalue weighted by atomic mass is 10.1. The van der Waals surface area contributed by atoms with Crippen LogP contribution in [0.1, 0.15) is 23.2 Å². The highest BCUT2D eigenvalue weighted by Gasteiger charge is 2.24. The minimum atomic E-state index is 0.184. The van der Waals surface area contributed by atoms with Crippen LogP contribution in [-0.2, 0) is 13.1 Å². The fourth-order valence-corrected chi connectivity index (χ4v) is 3.18. The molecule has 2 aromatic rings. The minimum Gasteiger partial charge on any atom is -0.489 e. The molecule has 2 heterocycles. The Morgan fingerprint density at radius 1 is 1.32 bits per heavy atom. The fraction of sp³-hybridized carbons (Fsp3) is 0.400. The van der Waals surface area contributed by atoms with Crippen molar-refractivity contribution in [2.24, 2.45) is 0 Å². The van der Waals surface area contributed by atoms with E-state index < -0.39 is 0 Å². The van der Waals surface area contributed by atoms with Crippen LogP contribution in [0.15, 0.2) is 42.6 Å². The van der Waals surface area contributed by atoms with Crippen molar-refractivity contribution >= 4 is 0 Å². The molecule has 0 radical (unpaired) electrons. The van der Waals surface area contributed by atoms with E-state index in [1.54, 1.807) is 0 Å². The topological polar surface area (TPSA) is 52.4 Å². The van der Waals surface area contributed by atoms with Gasteiger partial charge in [-0.3, -0.25) is 9.88 Å². The van der Waals surface area contributed by atoms with Gasteiger partial charge in [0.05, 0.1) is 17.3 Å². The van der Waals surface area contributed by atoms with Gasteiger partial charge in [0, 0.05) is 38.4 Å². The zero-order valence-corrected chi connectivity index (χ0v) is 14.9. The van der Waals surface area contributed by atoms with Crippen LogP contribution >= 0.6 is 0 Å². The predicted octanol–water partition coefficient (Wildman–Crippen LogP) is 2.67. The molecule has 0 amide bonds. The van der Waals surface area contributed by atoms with Crippen LogP contribution in [0.25, 0.3) is 0 Å². The second-order valence-corrected chi connectivity index (χ2v) is 6.75. The number of hydrogen-bond donors (Lipinski definition) is 0. The average Bonchev–Trinajstić information content (AvgIpc) is 3.02. The first-order chi connectivity index (χ1) is 12.1. The summed E-state index contributed by atoms with van der Waals surface area (Å²) in [5, 5.41) is 9.22. The molecule has 1 aliphatic heterocycles. The summed E-state index contributed by atoms with van der Waals surface area (Å²) in [6, 6.07) is 14.0. The van der Waals surface area contributed by atoms with E-state index >= 15 is 0 Å². The van der Waals surface area contributed by atoms with Gasteiger partial charge in [0.2, 0.25) is 0 Å². The van der Waals surface area contributed by atoms with E-state index in [0.717, 1.165) is 55.2 Å². The van der Waals surface area contributed by atoms with E-state index in [1.807, 2.05) is 56.7 Å². The normalized spacial score (nSPS) is 17.6. The quantitative estimate of drug-likeness (QED) is 0.812. The third-order valence-electron chi connectivity index (χ3n) is 4.33. The highest BCUT2D eigenvalue weighted by molar-refractivity contribution is 5.37. The SMILES string of the molecule is CN(C)Cc1cc(OC2CCN(Cc3ccccc3C#N)C2)ccn1. The number of nitriles is 1. The average molecular weight is 336 g/mol. The van der Waals surface area contributed by atoms with E-state index in [1.165, 1.54) is 0 Å². The number of hydrogen-bond acceptors (Lipinski definition) is 5. The van der Waals surface area contributed by atoms with Gasteiger partial charge in [-0.15, -0.1) is 0 Å². The molecule has 1 atom stereocenters. The Kier molecular flexibility index (Phi) is 5.64. The zero-order chi connectivity index (χ0) is 17.6. The lowest BCUT2D eigenvalue weighted by Crippen LogP contribution is -2.25. The Morgan fingerprint density at radius 2 is 2.16 bits per heavy atom. The van der Waals surface area contributed by atoms with Gasteiger partial charge in [-0.25, -0.2) is 0 Å². The van der Waals surface area contributed by atoms with Crippen molar-refractivity contribution in [3.8, 4) is 11.8 Å². The summed E-state index contributed by atoms with van der Waals surface area (Å²) in [6.45, 7) is 3.47. The van der Waals surface area contributed by atoms with E-state index in [9.17, 15) is 5.26 Å². The van der Waals surface area contributed by atoms with E-state index in [-0.39, 0.29) is 6.10 Å². The van der Waals surface area contributed by atoms with Crippen molar-refractivity contribution in [3.63, 3.8) is 0 Å². The van der Waals surface area contributed by atoms with Crippen molar-refractivity contribution in [2.45, 2.75) is 25.6 Å². The lowest BCUT2D eigenvalue weighted by molar-refractivity contribution is 0.198. The first kappa shape index (κ1) is 17.4. The number of likely N-dealkylation sites (tertiary alicyclic amines) is 1. The smallest absolute Gasteiger partial charge is 0.123 e. The molecular formula is C20H24N4O. The monoisotopic (exact) mass is 336 g/mol. The van der Waals surface area contributed by atoms with E-state index in [4.69, 9.17) is 4.74 Å². The Balaban J connectivity index is 1.57. The molecule has 5 nitrogen and oxygen atoms in total. The summed E-state index contributed by atoms with van der Waals surface area (Å²) in [4.78, 5) is 8.82. The molecule has 25 heavy (non-hydrogen) atoms. The summed E-state index contributed by atoms with van der Waals surface area (Å²) >= 11 is 0. The largest absolute Gasteiger partial charge is 0.489 e. The molecule has 1 aromatic heterocycles. The van der Waals surface area contributed by atoms with Crippen molar-refractivity contribution in [1.29, 1.82) is 5.26 Å². The molecule has 0 bridgehead atoms. The number of nitrogens with zero attached hydrogens (tertiary/aromatic N) is 4. The third kappa shape index (κ3) is 4.79. The second-order valence-electron chi connectivity index (χ2n) is 6.75. The van der Waals surface area contributed by atoms with Crippen LogP contribution < -0.4 is 4.74 Å². The number of benzene rings is 1. The molecule has 3 rings (SSSR count). The Morgan fingerprint density at radius 3 is 2.96 bits per heavy atom. The fourth-order valence-electron chi connectivity index (χ4n) is 3.18. The van der Waals surface area contributed by atoms with Gasteiger partial charge in [-0.1, -0.05) is 18.2 Å². The first-order valence-electron chi connectivity index (χ1n) is 8.60. The van der Waals surface area contributed by atoms with E-state index in [0.29, 0.717) is 0 Å². The summed E-state index contributed by atoms with van der Waals surface area (Å²) in [7, 11) is 4.06. The molecule has 0 spiro atoms. The summed E-state index contributed by atoms with van der Waals surface area (Å²) in [5.41, 5.74) is 2.86. The Labute approximate surface area is 149 Å². The maximum absolute atomic E-state index is 9.22. The highest BCUT2D eigenvalue weighted by Crippen LogP contribution is 2.21. The van der Waals surface area contributed by atoms with Crippen LogP contribution in [0.5, 0.6) is 5.75 Å². The molecule has 130 valence electrons. The lowest BCUT2D eigenvalue weighted by Gasteiger charge is -2.18.